The molecule has 2 N–H and O–H groups in total. The highest BCUT2D eigenvalue weighted by atomic mass is 35.5. The lowest BCUT2D eigenvalue weighted by atomic mass is 10.1. The van der Waals surface area contributed by atoms with E-state index in [1.54, 1.807) is 48.5 Å². The molecule has 3 aromatic carbocycles. The maximum Gasteiger partial charge on any atom is 0.293 e. The third-order valence-corrected chi connectivity index (χ3v) is 5.65. The van der Waals surface area contributed by atoms with E-state index in [9.17, 15) is 14.4 Å². The molecule has 4 aromatic rings. The molecule has 0 atom stereocenters. The van der Waals surface area contributed by atoms with E-state index in [0.717, 1.165) is 10.3 Å². The Balaban J connectivity index is 1.30. The Bertz CT molecular complexity index is 1410. The van der Waals surface area contributed by atoms with Gasteiger partial charge in [0.15, 0.2) is 10.9 Å². The zero-order valence-corrected chi connectivity index (χ0v) is 18.4. The molecule has 0 aliphatic carbocycles. The van der Waals surface area contributed by atoms with Crippen molar-refractivity contribution in [1.82, 2.24) is 5.32 Å². The van der Waals surface area contributed by atoms with E-state index in [4.69, 9.17) is 28.2 Å². The molecule has 1 aromatic heterocycles. The standard InChI is InChI=1S/C24H14ClN3O4S/c25-17-12-14(28-22(30)15-6-2-3-7-16(15)23(28)31)9-10-18(17)26-24(33)27-21(29)20-11-13-5-1-4-8-19(13)32-20/h1-12H,(H2,26,27,29,33). The molecule has 0 spiro atoms. The van der Waals surface area contributed by atoms with Crippen molar-refractivity contribution in [3.05, 3.63) is 94.7 Å². The first-order chi connectivity index (χ1) is 15.9. The van der Waals surface area contributed by atoms with Gasteiger partial charge in [0.1, 0.15) is 5.58 Å². The fourth-order valence-electron chi connectivity index (χ4n) is 3.58. The predicted octanol–water partition coefficient (Wildman–Crippen LogP) is 5.01. The van der Waals surface area contributed by atoms with Crippen molar-refractivity contribution in [2.45, 2.75) is 0 Å². The van der Waals surface area contributed by atoms with Crippen LogP contribution in [0.1, 0.15) is 31.3 Å². The maximum atomic E-state index is 12.7. The van der Waals surface area contributed by atoms with E-state index in [1.807, 2.05) is 18.2 Å². The molecule has 0 radical (unpaired) electrons. The van der Waals surface area contributed by atoms with Crippen molar-refractivity contribution in [3.8, 4) is 0 Å². The van der Waals surface area contributed by atoms with Gasteiger partial charge in [0.2, 0.25) is 0 Å². The number of halogens is 1. The number of nitrogens with one attached hydrogen (secondary N) is 2. The van der Waals surface area contributed by atoms with Crippen LogP contribution in [0.4, 0.5) is 11.4 Å². The smallest absolute Gasteiger partial charge is 0.293 e. The minimum absolute atomic E-state index is 0.0100. The molecule has 5 rings (SSSR count). The summed E-state index contributed by atoms with van der Waals surface area (Å²) in [5.41, 5.74) is 2.00. The Labute approximate surface area is 197 Å². The number of carbonyl (C=O) groups is 3. The fraction of sp³-hybridized carbons (Fsp3) is 0. The highest BCUT2D eigenvalue weighted by Gasteiger charge is 2.36. The zero-order valence-electron chi connectivity index (χ0n) is 16.8. The van der Waals surface area contributed by atoms with Crippen LogP contribution < -0.4 is 15.5 Å². The molecule has 0 fully saturated rings. The summed E-state index contributed by atoms with van der Waals surface area (Å²) in [7, 11) is 0. The van der Waals surface area contributed by atoms with Gasteiger partial charge in [-0.05, 0) is 54.7 Å². The molecule has 7 nitrogen and oxygen atoms in total. The lowest BCUT2D eigenvalue weighted by Gasteiger charge is -2.16. The molecule has 0 saturated carbocycles. The number of anilines is 2. The Morgan fingerprint density at radius 1 is 0.909 bits per heavy atom. The fourth-order valence-corrected chi connectivity index (χ4v) is 4.00. The third kappa shape index (κ3) is 3.75. The van der Waals surface area contributed by atoms with Gasteiger partial charge in [-0.25, -0.2) is 4.90 Å². The van der Waals surface area contributed by atoms with Crippen molar-refractivity contribution < 1.29 is 18.8 Å². The number of para-hydroxylation sites is 1. The number of rotatable bonds is 3. The summed E-state index contributed by atoms with van der Waals surface area (Å²) in [6.07, 6.45) is 0. The minimum atomic E-state index is -0.512. The number of imide groups is 1. The Kier molecular flexibility index (Phi) is 5.16. The minimum Gasteiger partial charge on any atom is -0.451 e. The Morgan fingerprint density at radius 2 is 1.58 bits per heavy atom. The molecule has 1 aliphatic rings. The summed E-state index contributed by atoms with van der Waals surface area (Å²) in [6.45, 7) is 0. The van der Waals surface area contributed by atoms with Crippen molar-refractivity contribution in [1.29, 1.82) is 0 Å². The predicted molar refractivity (Wildman–Crippen MR) is 129 cm³/mol. The third-order valence-electron chi connectivity index (χ3n) is 5.13. The van der Waals surface area contributed by atoms with Gasteiger partial charge in [-0.2, -0.15) is 0 Å². The van der Waals surface area contributed by atoms with Gasteiger partial charge in [-0.15, -0.1) is 0 Å². The van der Waals surface area contributed by atoms with Gasteiger partial charge in [0.05, 0.1) is 27.5 Å². The highest BCUT2D eigenvalue weighted by Crippen LogP contribution is 2.33. The second-order valence-corrected chi connectivity index (χ2v) is 8.03. The Hall–Kier alpha value is -4.01. The summed E-state index contributed by atoms with van der Waals surface area (Å²) < 4.78 is 5.53. The lowest BCUT2D eigenvalue weighted by Crippen LogP contribution is -2.34. The summed E-state index contributed by atoms with van der Waals surface area (Å²) in [6, 6.07) is 20.1. The van der Waals surface area contributed by atoms with Gasteiger partial charge >= 0.3 is 0 Å². The number of amides is 3. The largest absolute Gasteiger partial charge is 0.451 e. The number of carbonyl (C=O) groups excluding carboxylic acids is 3. The normalized spacial score (nSPS) is 12.7. The van der Waals surface area contributed by atoms with Crippen LogP contribution in [-0.4, -0.2) is 22.8 Å². The van der Waals surface area contributed by atoms with Gasteiger partial charge in [-0.3, -0.25) is 19.7 Å². The van der Waals surface area contributed by atoms with Gasteiger partial charge in [0, 0.05) is 5.39 Å². The highest BCUT2D eigenvalue weighted by molar-refractivity contribution is 7.80. The van der Waals surface area contributed by atoms with Crippen LogP contribution in [0, 0.1) is 0 Å². The first-order valence-corrected chi connectivity index (χ1v) is 10.6. The lowest BCUT2D eigenvalue weighted by molar-refractivity contribution is 0.0922. The molecule has 0 saturated heterocycles. The first-order valence-electron chi connectivity index (χ1n) is 9.80. The van der Waals surface area contributed by atoms with Crippen molar-refractivity contribution in [2.75, 3.05) is 10.2 Å². The second kappa shape index (κ2) is 8.16. The molecule has 162 valence electrons. The summed E-state index contributed by atoms with van der Waals surface area (Å²) in [4.78, 5) is 38.9. The second-order valence-electron chi connectivity index (χ2n) is 7.21. The van der Waals surface area contributed by atoms with Crippen molar-refractivity contribution in [3.63, 3.8) is 0 Å². The number of fused-ring (bicyclic) bond motifs is 2. The van der Waals surface area contributed by atoms with Gasteiger partial charge in [-0.1, -0.05) is 41.9 Å². The van der Waals surface area contributed by atoms with E-state index in [2.05, 4.69) is 10.6 Å². The number of benzene rings is 3. The number of hydrogen-bond acceptors (Lipinski definition) is 5. The number of thiocarbonyl (C=S) groups is 1. The topological polar surface area (TPSA) is 91.7 Å². The summed E-state index contributed by atoms with van der Waals surface area (Å²) in [5.74, 6) is -1.23. The van der Waals surface area contributed by atoms with E-state index in [1.165, 1.54) is 6.07 Å². The van der Waals surface area contributed by atoms with Gasteiger partial charge < -0.3 is 9.73 Å². The van der Waals surface area contributed by atoms with Crippen LogP contribution in [0.3, 0.4) is 0 Å². The summed E-state index contributed by atoms with van der Waals surface area (Å²) >= 11 is 11.6. The Morgan fingerprint density at radius 3 is 2.24 bits per heavy atom. The van der Waals surface area contributed by atoms with Crippen LogP contribution in [0.5, 0.6) is 0 Å². The molecule has 9 heteroatoms. The molecule has 1 aliphatic heterocycles. The average Bonchev–Trinajstić information content (AvgIpc) is 3.35. The molecular formula is C24H14ClN3O4S. The molecule has 0 bridgehead atoms. The average molecular weight is 476 g/mol. The van der Waals surface area contributed by atoms with E-state index >= 15 is 0 Å². The van der Waals surface area contributed by atoms with Crippen LogP contribution >= 0.6 is 23.8 Å². The van der Waals surface area contributed by atoms with Gasteiger partial charge in [0.25, 0.3) is 17.7 Å². The molecule has 2 heterocycles. The first kappa shape index (κ1) is 20.9. The van der Waals surface area contributed by atoms with Crippen molar-refractivity contribution >= 4 is 69.0 Å². The van der Waals surface area contributed by atoms with Crippen LogP contribution in [0.15, 0.2) is 77.2 Å². The van der Waals surface area contributed by atoms with Crippen LogP contribution in [0.25, 0.3) is 11.0 Å². The zero-order chi connectivity index (χ0) is 23.1. The van der Waals surface area contributed by atoms with Crippen LogP contribution in [0.2, 0.25) is 5.02 Å². The summed E-state index contributed by atoms with van der Waals surface area (Å²) in [5, 5.41) is 6.40. The molecule has 0 unspecified atom stereocenters. The number of hydrogen-bond donors (Lipinski definition) is 2. The number of nitrogens with zero attached hydrogens (tertiary/aromatic N) is 1. The SMILES string of the molecule is O=C(NC(=S)Nc1ccc(N2C(=O)c3ccccc3C2=O)cc1Cl)c1cc2ccccc2o1. The van der Waals surface area contributed by atoms with Crippen molar-refractivity contribution in [2.24, 2.45) is 0 Å². The monoisotopic (exact) mass is 475 g/mol. The van der Waals surface area contributed by atoms with E-state index in [0.29, 0.717) is 28.1 Å². The number of furan rings is 1. The molecule has 33 heavy (non-hydrogen) atoms. The van der Waals surface area contributed by atoms with E-state index in [-0.39, 0.29) is 15.9 Å². The van der Waals surface area contributed by atoms with Crippen LogP contribution in [-0.2, 0) is 0 Å². The quantitative estimate of drug-likeness (QED) is 0.319. The molecular weight excluding hydrogens is 462 g/mol. The molecule has 3 amide bonds. The maximum absolute atomic E-state index is 12.7. The van der Waals surface area contributed by atoms with E-state index < -0.39 is 17.7 Å².